The van der Waals surface area contributed by atoms with Gasteiger partial charge in [0.15, 0.2) is 0 Å². The highest BCUT2D eigenvalue weighted by Crippen LogP contribution is 2.41. The summed E-state index contributed by atoms with van der Waals surface area (Å²) in [6.45, 7) is 10.6. The van der Waals surface area contributed by atoms with Gasteiger partial charge in [-0.25, -0.2) is 4.39 Å². The molecule has 0 amide bonds. The second-order valence-corrected chi connectivity index (χ2v) is 10.1. The lowest BCUT2D eigenvalue weighted by Gasteiger charge is -2.07. The molecule has 0 spiro atoms. The van der Waals surface area contributed by atoms with E-state index in [1.54, 1.807) is 17.4 Å². The van der Waals surface area contributed by atoms with Crippen LogP contribution in [0, 0.1) is 18.7 Å². The third-order valence-corrected chi connectivity index (χ3v) is 6.96. The van der Waals surface area contributed by atoms with Crippen LogP contribution < -0.4 is 0 Å². The fourth-order valence-electron chi connectivity index (χ4n) is 4.48. The van der Waals surface area contributed by atoms with Crippen molar-refractivity contribution in [2.45, 2.75) is 47.0 Å². The monoisotopic (exact) mass is 431 g/mol. The third kappa shape index (κ3) is 3.34. The van der Waals surface area contributed by atoms with Gasteiger partial charge in [-0.3, -0.25) is 4.98 Å². The second kappa shape index (κ2) is 7.45. The fourth-order valence-corrected chi connectivity index (χ4v) is 5.56. The Kier molecular flexibility index (Phi) is 4.86. The highest BCUT2D eigenvalue weighted by atomic mass is 32.1. The first-order valence-corrected chi connectivity index (χ1v) is 11.7. The number of hydrogen-bond donors (Lipinski definition) is 0. The first-order chi connectivity index (χ1) is 14.8. The van der Waals surface area contributed by atoms with Crippen molar-refractivity contribution in [3.63, 3.8) is 0 Å². The van der Waals surface area contributed by atoms with E-state index in [-0.39, 0.29) is 11.7 Å². The molecular formula is C27H26FNOS. The number of thiophene rings is 1. The van der Waals surface area contributed by atoms with Gasteiger partial charge in [-0.2, -0.15) is 0 Å². The summed E-state index contributed by atoms with van der Waals surface area (Å²) in [7, 11) is 0. The molecular weight excluding hydrogens is 405 g/mol. The molecule has 0 saturated heterocycles. The topological polar surface area (TPSA) is 26.0 Å². The smallest absolute Gasteiger partial charge is 0.144 e. The van der Waals surface area contributed by atoms with Gasteiger partial charge >= 0.3 is 0 Å². The predicted molar refractivity (Wildman–Crippen MR) is 130 cm³/mol. The lowest BCUT2D eigenvalue weighted by molar-refractivity contribution is 0.597. The first-order valence-electron chi connectivity index (χ1n) is 10.8. The zero-order valence-electron chi connectivity index (χ0n) is 18.5. The Morgan fingerprint density at radius 1 is 1.03 bits per heavy atom. The molecule has 0 radical (unpaired) electrons. The number of furan rings is 1. The van der Waals surface area contributed by atoms with Gasteiger partial charge in [-0.1, -0.05) is 27.7 Å². The van der Waals surface area contributed by atoms with Gasteiger partial charge in [0.25, 0.3) is 0 Å². The standard InChI is InChI=1S/C27H26FNOS/c1-14(2)8-17-13-31-27-18(17)6-7-29-25(27)22-10-16(5)9-21-20-11-23(28)19(15(3)4)12-24(20)30-26(21)22/h6-7,9-15H,8H2,1-5H3. The zero-order valence-corrected chi connectivity index (χ0v) is 19.4. The minimum atomic E-state index is -0.176. The number of fused-ring (bicyclic) bond motifs is 4. The van der Waals surface area contributed by atoms with Crippen LogP contribution in [0.2, 0.25) is 0 Å². The predicted octanol–water partition coefficient (Wildman–Crippen LogP) is 8.63. The molecule has 0 N–H and O–H groups in total. The Labute approximate surface area is 185 Å². The number of pyridine rings is 1. The summed E-state index contributed by atoms with van der Waals surface area (Å²) in [4.78, 5) is 4.77. The van der Waals surface area contributed by atoms with Crippen molar-refractivity contribution in [1.82, 2.24) is 4.98 Å². The number of aryl methyl sites for hydroxylation is 1. The van der Waals surface area contributed by atoms with Gasteiger partial charge in [0.1, 0.15) is 17.0 Å². The molecule has 5 aromatic rings. The number of hydrogen-bond acceptors (Lipinski definition) is 3. The van der Waals surface area contributed by atoms with E-state index < -0.39 is 0 Å². The summed E-state index contributed by atoms with van der Waals surface area (Å²) in [5.74, 6) is 0.519. The second-order valence-electron chi connectivity index (χ2n) is 9.21. The zero-order chi connectivity index (χ0) is 21.9. The molecule has 31 heavy (non-hydrogen) atoms. The molecule has 0 aliphatic rings. The average Bonchev–Trinajstić information content (AvgIpc) is 3.27. The fraction of sp³-hybridized carbons (Fsp3) is 0.296. The largest absolute Gasteiger partial charge is 0.455 e. The summed E-state index contributed by atoms with van der Waals surface area (Å²) < 4.78 is 22.3. The molecule has 2 aromatic carbocycles. The van der Waals surface area contributed by atoms with Gasteiger partial charge in [0.2, 0.25) is 0 Å². The summed E-state index contributed by atoms with van der Waals surface area (Å²) in [5, 5.41) is 5.28. The van der Waals surface area contributed by atoms with E-state index in [2.05, 4.69) is 44.4 Å². The molecule has 0 saturated carbocycles. The van der Waals surface area contributed by atoms with Crippen LogP contribution in [0.4, 0.5) is 4.39 Å². The van der Waals surface area contributed by atoms with E-state index in [0.29, 0.717) is 11.5 Å². The maximum atomic E-state index is 14.8. The van der Waals surface area contributed by atoms with Crippen molar-refractivity contribution in [2.24, 2.45) is 5.92 Å². The van der Waals surface area contributed by atoms with Crippen LogP contribution in [0.1, 0.15) is 50.3 Å². The molecule has 3 heterocycles. The van der Waals surface area contributed by atoms with Crippen LogP contribution in [-0.4, -0.2) is 4.98 Å². The van der Waals surface area contributed by atoms with Crippen molar-refractivity contribution >= 4 is 43.4 Å². The highest BCUT2D eigenvalue weighted by Gasteiger charge is 2.20. The Morgan fingerprint density at radius 2 is 1.84 bits per heavy atom. The molecule has 0 atom stereocenters. The maximum absolute atomic E-state index is 14.8. The lowest BCUT2D eigenvalue weighted by atomic mass is 9.98. The quantitative estimate of drug-likeness (QED) is 0.285. The van der Waals surface area contributed by atoms with Crippen molar-refractivity contribution in [3.05, 3.63) is 64.4 Å². The number of rotatable bonds is 4. The molecule has 0 unspecified atom stereocenters. The molecule has 4 heteroatoms. The van der Waals surface area contributed by atoms with Gasteiger partial charge < -0.3 is 4.42 Å². The van der Waals surface area contributed by atoms with Crippen LogP contribution in [0.5, 0.6) is 0 Å². The maximum Gasteiger partial charge on any atom is 0.144 e. The minimum Gasteiger partial charge on any atom is -0.455 e. The molecule has 0 fully saturated rings. The Balaban J connectivity index is 1.80. The Bertz CT molecular complexity index is 1440. The number of aromatic nitrogens is 1. The van der Waals surface area contributed by atoms with E-state index in [9.17, 15) is 4.39 Å². The summed E-state index contributed by atoms with van der Waals surface area (Å²) in [5.41, 5.74) is 6.58. The lowest BCUT2D eigenvalue weighted by Crippen LogP contribution is -1.93. The minimum absolute atomic E-state index is 0.0970. The summed E-state index contributed by atoms with van der Waals surface area (Å²) >= 11 is 1.74. The number of halogens is 1. The SMILES string of the molecule is Cc1cc(-c2nccc3c(CC(C)C)csc23)c2oc3cc(C(C)C)c(F)cc3c2c1. The molecule has 0 aliphatic heterocycles. The molecule has 0 bridgehead atoms. The normalized spacial score (nSPS) is 12.3. The summed E-state index contributed by atoms with van der Waals surface area (Å²) in [6, 6.07) is 9.81. The van der Waals surface area contributed by atoms with Crippen LogP contribution >= 0.6 is 11.3 Å². The van der Waals surface area contributed by atoms with Crippen LogP contribution in [0.25, 0.3) is 43.3 Å². The molecule has 3 aromatic heterocycles. The Morgan fingerprint density at radius 3 is 2.58 bits per heavy atom. The van der Waals surface area contributed by atoms with Crippen LogP contribution in [-0.2, 0) is 6.42 Å². The van der Waals surface area contributed by atoms with Crippen molar-refractivity contribution in [1.29, 1.82) is 0 Å². The van der Waals surface area contributed by atoms with E-state index in [0.717, 1.165) is 45.2 Å². The number of benzene rings is 2. The van der Waals surface area contributed by atoms with Gasteiger partial charge in [-0.05, 0) is 83.0 Å². The Hall–Kier alpha value is -2.72. The average molecular weight is 432 g/mol. The third-order valence-electron chi connectivity index (χ3n) is 5.91. The van der Waals surface area contributed by atoms with E-state index in [1.165, 1.54) is 15.6 Å². The molecule has 2 nitrogen and oxygen atoms in total. The van der Waals surface area contributed by atoms with Crippen molar-refractivity contribution < 1.29 is 8.81 Å². The van der Waals surface area contributed by atoms with Crippen molar-refractivity contribution in [3.8, 4) is 11.3 Å². The summed E-state index contributed by atoms with van der Waals surface area (Å²) in [6.07, 6.45) is 2.94. The molecule has 5 rings (SSSR count). The van der Waals surface area contributed by atoms with Gasteiger partial charge in [0.05, 0.1) is 10.4 Å². The van der Waals surface area contributed by atoms with E-state index in [4.69, 9.17) is 9.40 Å². The first kappa shape index (κ1) is 20.2. The highest BCUT2D eigenvalue weighted by molar-refractivity contribution is 7.18. The van der Waals surface area contributed by atoms with Gasteiger partial charge in [0, 0.05) is 22.5 Å². The van der Waals surface area contributed by atoms with Gasteiger partial charge in [-0.15, -0.1) is 11.3 Å². The molecule has 158 valence electrons. The van der Waals surface area contributed by atoms with Crippen molar-refractivity contribution in [2.75, 3.05) is 0 Å². The van der Waals surface area contributed by atoms with Crippen LogP contribution in [0.3, 0.4) is 0 Å². The van der Waals surface area contributed by atoms with E-state index in [1.807, 2.05) is 26.1 Å². The van der Waals surface area contributed by atoms with E-state index >= 15 is 0 Å². The number of nitrogens with zero attached hydrogens (tertiary/aromatic N) is 1. The molecule has 0 aliphatic carbocycles. The van der Waals surface area contributed by atoms with Crippen LogP contribution in [0.15, 0.2) is 46.3 Å².